The van der Waals surface area contributed by atoms with E-state index < -0.39 is 0 Å². The summed E-state index contributed by atoms with van der Waals surface area (Å²) in [6, 6.07) is 0. The van der Waals surface area contributed by atoms with Gasteiger partial charge in [0, 0.05) is 18.6 Å². The Morgan fingerprint density at radius 2 is 2.54 bits per heavy atom. The summed E-state index contributed by atoms with van der Waals surface area (Å²) in [5.74, 6) is 0.821. The zero-order valence-corrected chi connectivity index (χ0v) is 8.46. The predicted octanol–water partition coefficient (Wildman–Crippen LogP) is 1.67. The van der Waals surface area contributed by atoms with Crippen molar-refractivity contribution < 1.29 is 4.74 Å². The lowest BCUT2D eigenvalue weighted by atomic mass is 9.89. The monoisotopic (exact) mass is 181 g/mol. The zero-order chi connectivity index (χ0) is 9.31. The van der Waals surface area contributed by atoms with Gasteiger partial charge in [-0.25, -0.2) is 0 Å². The number of nitrogens with zero attached hydrogens (tertiary/aromatic N) is 1. The second kappa shape index (κ2) is 3.43. The molecule has 2 heterocycles. The Labute approximate surface area is 80.6 Å². The maximum absolute atomic E-state index is 5.60. The molecular weight excluding hydrogens is 162 g/mol. The summed E-state index contributed by atoms with van der Waals surface area (Å²) in [6.07, 6.45) is 4.40. The lowest BCUT2D eigenvalue weighted by Gasteiger charge is -2.41. The van der Waals surface area contributed by atoms with Crippen molar-refractivity contribution in [1.29, 1.82) is 0 Å². The molecule has 74 valence electrons. The molecule has 2 aliphatic heterocycles. The largest absolute Gasteiger partial charge is 0.378 e. The van der Waals surface area contributed by atoms with E-state index in [0.29, 0.717) is 5.54 Å². The van der Waals surface area contributed by atoms with Crippen molar-refractivity contribution in [2.24, 2.45) is 5.92 Å². The Morgan fingerprint density at radius 1 is 1.69 bits per heavy atom. The Morgan fingerprint density at radius 3 is 3.31 bits per heavy atom. The van der Waals surface area contributed by atoms with Crippen LogP contribution in [0.4, 0.5) is 0 Å². The molecule has 2 saturated heterocycles. The molecule has 0 radical (unpaired) electrons. The van der Waals surface area contributed by atoms with Crippen molar-refractivity contribution in [1.82, 2.24) is 4.90 Å². The van der Waals surface area contributed by atoms with Gasteiger partial charge in [0.15, 0.2) is 0 Å². The van der Waals surface area contributed by atoms with Gasteiger partial charge in [0.25, 0.3) is 0 Å². The average molecular weight is 181 g/mol. The first-order valence-corrected chi connectivity index (χ1v) is 5.20. The molecule has 2 heteroatoms. The highest BCUT2D eigenvalue weighted by Gasteiger charge is 2.44. The summed E-state index contributed by atoms with van der Waals surface area (Å²) >= 11 is 0. The summed E-state index contributed by atoms with van der Waals surface area (Å²) in [5.41, 5.74) is 0.305. The van der Waals surface area contributed by atoms with Crippen LogP contribution in [0.25, 0.3) is 0 Å². The van der Waals surface area contributed by atoms with Crippen molar-refractivity contribution in [3.63, 3.8) is 0 Å². The van der Waals surface area contributed by atoms with Crippen molar-refractivity contribution in [2.75, 3.05) is 26.3 Å². The molecule has 0 N–H and O–H groups in total. The van der Waals surface area contributed by atoms with E-state index in [1.54, 1.807) is 0 Å². The summed E-state index contributed by atoms with van der Waals surface area (Å²) in [7, 11) is 0. The fraction of sp³-hybridized carbons (Fsp3) is 0.818. The minimum atomic E-state index is 0.305. The number of morpholine rings is 1. The Balaban J connectivity index is 2.14. The third-order valence-electron chi connectivity index (χ3n) is 3.33. The molecular formula is C11H19NO. The van der Waals surface area contributed by atoms with Gasteiger partial charge in [-0.05, 0) is 18.8 Å². The molecule has 2 atom stereocenters. The quantitative estimate of drug-likeness (QED) is 0.601. The summed E-state index contributed by atoms with van der Waals surface area (Å²) in [6.45, 7) is 10.4. The maximum atomic E-state index is 5.60. The number of ether oxygens (including phenoxy) is 1. The molecule has 0 aliphatic carbocycles. The van der Waals surface area contributed by atoms with Crippen molar-refractivity contribution in [3.05, 3.63) is 12.7 Å². The maximum Gasteiger partial charge on any atom is 0.0654 e. The molecule has 2 fully saturated rings. The standard InChI is InChI=1S/C11H19NO/c1-3-4-11-7-10(2)8-12(11)5-6-13-9-11/h3,10H,1,4-9H2,2H3/t10-,11-/m0/s1. The first-order chi connectivity index (χ1) is 6.27. The molecule has 0 spiro atoms. The van der Waals surface area contributed by atoms with Gasteiger partial charge in [0.05, 0.1) is 13.2 Å². The lowest BCUT2D eigenvalue weighted by Crippen LogP contribution is -2.52. The fourth-order valence-electron chi connectivity index (χ4n) is 2.87. The topological polar surface area (TPSA) is 12.5 Å². The normalized spacial score (nSPS) is 40.2. The van der Waals surface area contributed by atoms with E-state index in [2.05, 4.69) is 18.4 Å². The van der Waals surface area contributed by atoms with E-state index in [-0.39, 0.29) is 0 Å². The Bertz CT molecular complexity index is 204. The number of rotatable bonds is 2. The Kier molecular flexibility index (Phi) is 2.43. The highest BCUT2D eigenvalue weighted by molar-refractivity contribution is 5.03. The Hall–Kier alpha value is -0.340. The number of fused-ring (bicyclic) bond motifs is 1. The third-order valence-corrected chi connectivity index (χ3v) is 3.33. The van der Waals surface area contributed by atoms with Crippen LogP contribution in [0.3, 0.4) is 0 Å². The van der Waals surface area contributed by atoms with Crippen LogP contribution in [0.5, 0.6) is 0 Å². The van der Waals surface area contributed by atoms with Crippen LogP contribution < -0.4 is 0 Å². The summed E-state index contributed by atoms with van der Waals surface area (Å²) in [5, 5.41) is 0. The highest BCUT2D eigenvalue weighted by atomic mass is 16.5. The third kappa shape index (κ3) is 1.53. The molecule has 0 amide bonds. The molecule has 0 unspecified atom stereocenters. The van der Waals surface area contributed by atoms with E-state index in [9.17, 15) is 0 Å². The van der Waals surface area contributed by atoms with Crippen molar-refractivity contribution >= 4 is 0 Å². The van der Waals surface area contributed by atoms with Crippen LogP contribution in [-0.4, -0.2) is 36.7 Å². The van der Waals surface area contributed by atoms with Crippen LogP contribution in [0.2, 0.25) is 0 Å². The smallest absolute Gasteiger partial charge is 0.0654 e. The van der Waals surface area contributed by atoms with E-state index in [1.165, 1.54) is 13.0 Å². The van der Waals surface area contributed by atoms with Crippen LogP contribution in [0, 0.1) is 5.92 Å². The SMILES string of the molecule is C=CC[C@]12COCCN1C[C@@H](C)C2. The van der Waals surface area contributed by atoms with E-state index in [4.69, 9.17) is 4.74 Å². The zero-order valence-electron chi connectivity index (χ0n) is 8.46. The molecule has 0 saturated carbocycles. The van der Waals surface area contributed by atoms with Gasteiger partial charge >= 0.3 is 0 Å². The molecule has 0 aromatic rings. The first-order valence-electron chi connectivity index (χ1n) is 5.20. The van der Waals surface area contributed by atoms with Gasteiger partial charge in [-0.2, -0.15) is 0 Å². The number of hydrogen-bond acceptors (Lipinski definition) is 2. The van der Waals surface area contributed by atoms with Crippen LogP contribution in [0.1, 0.15) is 19.8 Å². The van der Waals surface area contributed by atoms with Gasteiger partial charge in [-0.15, -0.1) is 6.58 Å². The second-order valence-corrected chi connectivity index (χ2v) is 4.53. The van der Waals surface area contributed by atoms with Crippen molar-refractivity contribution in [2.45, 2.75) is 25.3 Å². The van der Waals surface area contributed by atoms with Gasteiger partial charge in [0.2, 0.25) is 0 Å². The average Bonchev–Trinajstić information content (AvgIpc) is 2.41. The summed E-state index contributed by atoms with van der Waals surface area (Å²) < 4.78 is 5.60. The van der Waals surface area contributed by atoms with Gasteiger partial charge in [-0.1, -0.05) is 13.0 Å². The molecule has 13 heavy (non-hydrogen) atoms. The van der Waals surface area contributed by atoms with Gasteiger partial charge in [-0.3, -0.25) is 4.90 Å². The minimum absolute atomic E-state index is 0.305. The van der Waals surface area contributed by atoms with Crippen molar-refractivity contribution in [3.8, 4) is 0 Å². The van der Waals surface area contributed by atoms with E-state index >= 15 is 0 Å². The lowest BCUT2D eigenvalue weighted by molar-refractivity contribution is -0.0450. The van der Waals surface area contributed by atoms with Crippen LogP contribution in [0.15, 0.2) is 12.7 Å². The molecule has 2 nitrogen and oxygen atoms in total. The van der Waals surface area contributed by atoms with Crippen LogP contribution in [-0.2, 0) is 4.74 Å². The van der Waals surface area contributed by atoms with Gasteiger partial charge < -0.3 is 4.74 Å². The summed E-state index contributed by atoms with van der Waals surface area (Å²) in [4.78, 5) is 2.60. The second-order valence-electron chi connectivity index (χ2n) is 4.53. The van der Waals surface area contributed by atoms with E-state index in [0.717, 1.165) is 32.1 Å². The first kappa shape index (κ1) is 9.22. The van der Waals surface area contributed by atoms with Crippen LogP contribution >= 0.6 is 0 Å². The predicted molar refractivity (Wildman–Crippen MR) is 53.7 cm³/mol. The molecule has 2 rings (SSSR count). The molecule has 0 bridgehead atoms. The van der Waals surface area contributed by atoms with Gasteiger partial charge in [0.1, 0.15) is 0 Å². The molecule has 2 aliphatic rings. The molecule has 0 aromatic carbocycles. The van der Waals surface area contributed by atoms with E-state index in [1.807, 2.05) is 6.08 Å². The number of hydrogen-bond donors (Lipinski definition) is 0. The highest BCUT2D eigenvalue weighted by Crippen LogP contribution is 2.37. The fourth-order valence-corrected chi connectivity index (χ4v) is 2.87. The molecule has 0 aromatic heterocycles. The minimum Gasteiger partial charge on any atom is -0.378 e.